The fraction of sp³-hybridized carbons (Fsp3) is 0.0909. The van der Waals surface area contributed by atoms with E-state index in [9.17, 15) is 19.5 Å². The zero-order chi connectivity index (χ0) is 21.3. The number of carbonyl (C=O) groups excluding carboxylic acids is 3. The van der Waals surface area contributed by atoms with Crippen molar-refractivity contribution in [1.82, 2.24) is 9.88 Å². The second-order valence-corrected chi connectivity index (χ2v) is 7.59. The van der Waals surface area contributed by atoms with Gasteiger partial charge in [0.15, 0.2) is 0 Å². The van der Waals surface area contributed by atoms with Crippen LogP contribution in [-0.4, -0.2) is 39.3 Å². The number of aromatic nitrogens is 1. The molecule has 0 fully saturated rings. The Morgan fingerprint density at radius 2 is 1.73 bits per heavy atom. The zero-order valence-electron chi connectivity index (χ0n) is 15.7. The normalized spacial score (nSPS) is 12.8. The van der Waals surface area contributed by atoms with Crippen LogP contribution in [0, 0.1) is 0 Å². The molecule has 150 valence electrons. The predicted molar refractivity (Wildman–Crippen MR) is 113 cm³/mol. The van der Waals surface area contributed by atoms with Gasteiger partial charge in [-0.1, -0.05) is 34.1 Å². The minimum Gasteiger partial charge on any atom is -0.506 e. The van der Waals surface area contributed by atoms with Crippen molar-refractivity contribution >= 4 is 39.3 Å². The van der Waals surface area contributed by atoms with Crippen molar-refractivity contribution in [2.45, 2.75) is 6.54 Å². The average Bonchev–Trinajstić information content (AvgIpc) is 2.97. The second-order valence-electron chi connectivity index (χ2n) is 6.68. The molecular weight excluding hydrogens is 450 g/mol. The number of phenolic OH excluding ortho intramolecular Hbond substituents is 1. The van der Waals surface area contributed by atoms with E-state index in [0.717, 1.165) is 4.90 Å². The number of para-hydroxylation sites is 2. The summed E-state index contributed by atoms with van der Waals surface area (Å²) < 4.78 is 0.668. The number of phenols is 1. The highest BCUT2D eigenvalue weighted by atomic mass is 79.9. The van der Waals surface area contributed by atoms with Gasteiger partial charge in [0, 0.05) is 10.7 Å². The molecule has 3 aromatic rings. The summed E-state index contributed by atoms with van der Waals surface area (Å²) >= 11 is 3.29. The largest absolute Gasteiger partial charge is 0.506 e. The topological polar surface area (TPSA) is 90.8 Å². The zero-order valence-corrected chi connectivity index (χ0v) is 17.2. The van der Waals surface area contributed by atoms with Crippen LogP contribution in [0.3, 0.4) is 0 Å². The Hall–Kier alpha value is -3.52. The molecule has 0 saturated carbocycles. The molecule has 0 bridgehead atoms. The summed E-state index contributed by atoms with van der Waals surface area (Å²) in [7, 11) is 0. The molecule has 1 aliphatic rings. The smallest absolute Gasteiger partial charge is 0.262 e. The van der Waals surface area contributed by atoms with Crippen molar-refractivity contribution in [3.8, 4) is 5.75 Å². The minimum absolute atomic E-state index is 0.0754. The Balaban J connectivity index is 1.63. The van der Waals surface area contributed by atoms with Crippen LogP contribution < -0.4 is 4.90 Å². The van der Waals surface area contributed by atoms with Gasteiger partial charge in [0.25, 0.3) is 11.8 Å². The summed E-state index contributed by atoms with van der Waals surface area (Å²) in [4.78, 5) is 45.1. The highest BCUT2D eigenvalue weighted by molar-refractivity contribution is 9.10. The molecule has 4 rings (SSSR count). The maximum Gasteiger partial charge on any atom is 0.262 e. The standard InChI is InChI=1S/C22H16BrN3O4/c23-14-8-9-16-17(11-14)22(30)26(21(16)29)13-20(28)25(12-15-5-3-4-10-24-15)18-6-1-2-7-19(18)27/h1-11,27H,12-13H2. The Labute approximate surface area is 180 Å². The molecule has 2 heterocycles. The van der Waals surface area contributed by atoms with E-state index < -0.39 is 24.3 Å². The van der Waals surface area contributed by atoms with Crippen molar-refractivity contribution in [3.63, 3.8) is 0 Å². The molecule has 1 aromatic heterocycles. The number of anilines is 1. The molecule has 3 amide bonds. The average molecular weight is 466 g/mol. The molecule has 0 spiro atoms. The van der Waals surface area contributed by atoms with Crippen molar-refractivity contribution in [2.24, 2.45) is 0 Å². The lowest BCUT2D eigenvalue weighted by molar-refractivity contribution is -0.119. The lowest BCUT2D eigenvalue weighted by Gasteiger charge is -2.25. The third kappa shape index (κ3) is 3.69. The predicted octanol–water partition coefficient (Wildman–Crippen LogP) is 3.38. The van der Waals surface area contributed by atoms with Crippen LogP contribution in [0.4, 0.5) is 5.69 Å². The number of fused-ring (bicyclic) bond motifs is 1. The molecular formula is C22H16BrN3O4. The van der Waals surface area contributed by atoms with E-state index in [0.29, 0.717) is 10.2 Å². The fourth-order valence-corrected chi connectivity index (χ4v) is 3.64. The van der Waals surface area contributed by atoms with Gasteiger partial charge in [-0.2, -0.15) is 0 Å². The highest BCUT2D eigenvalue weighted by Crippen LogP contribution is 2.30. The van der Waals surface area contributed by atoms with Crippen LogP contribution in [0.25, 0.3) is 0 Å². The summed E-state index contributed by atoms with van der Waals surface area (Å²) in [6, 6.07) is 16.5. The third-order valence-corrected chi connectivity index (χ3v) is 5.24. The van der Waals surface area contributed by atoms with E-state index in [1.54, 1.807) is 60.8 Å². The van der Waals surface area contributed by atoms with Gasteiger partial charge in [0.2, 0.25) is 5.91 Å². The number of nitrogens with zero attached hydrogens (tertiary/aromatic N) is 3. The van der Waals surface area contributed by atoms with Gasteiger partial charge in [-0.25, -0.2) is 0 Å². The minimum atomic E-state index is -0.528. The van der Waals surface area contributed by atoms with Gasteiger partial charge in [0.1, 0.15) is 12.3 Å². The van der Waals surface area contributed by atoms with Gasteiger partial charge >= 0.3 is 0 Å². The number of halogens is 1. The lowest BCUT2D eigenvalue weighted by atomic mass is 10.1. The fourth-order valence-electron chi connectivity index (χ4n) is 3.28. The number of rotatable bonds is 5. The number of carbonyl (C=O) groups is 3. The van der Waals surface area contributed by atoms with E-state index in [1.165, 1.54) is 11.0 Å². The molecule has 2 aromatic carbocycles. The number of benzene rings is 2. The van der Waals surface area contributed by atoms with Gasteiger partial charge < -0.3 is 10.0 Å². The summed E-state index contributed by atoms with van der Waals surface area (Å²) in [5, 5.41) is 10.3. The molecule has 0 atom stereocenters. The molecule has 1 aliphatic heterocycles. The summed E-state index contributed by atoms with van der Waals surface area (Å²) in [5.41, 5.74) is 1.38. The van der Waals surface area contributed by atoms with E-state index in [1.807, 2.05) is 0 Å². The van der Waals surface area contributed by atoms with Crippen LogP contribution in [0.2, 0.25) is 0 Å². The first kappa shape index (κ1) is 19.8. The monoisotopic (exact) mass is 465 g/mol. The van der Waals surface area contributed by atoms with Crippen molar-refractivity contribution in [3.05, 3.63) is 88.2 Å². The van der Waals surface area contributed by atoms with Crippen LogP contribution in [-0.2, 0) is 11.3 Å². The Bertz CT molecular complexity index is 1150. The maximum atomic E-state index is 13.2. The molecule has 1 N–H and O–H groups in total. The molecule has 30 heavy (non-hydrogen) atoms. The molecule has 0 aliphatic carbocycles. The lowest BCUT2D eigenvalue weighted by Crippen LogP contribution is -2.42. The summed E-state index contributed by atoms with van der Waals surface area (Å²) in [6.45, 7) is -0.378. The van der Waals surface area contributed by atoms with Crippen LogP contribution in [0.15, 0.2) is 71.3 Å². The van der Waals surface area contributed by atoms with E-state index in [-0.39, 0.29) is 29.1 Å². The third-order valence-electron chi connectivity index (χ3n) is 4.75. The van der Waals surface area contributed by atoms with Crippen LogP contribution >= 0.6 is 15.9 Å². The molecule has 0 radical (unpaired) electrons. The second kappa shape index (κ2) is 8.08. The molecule has 0 saturated heterocycles. The molecule has 8 heteroatoms. The Kier molecular flexibility index (Phi) is 5.33. The molecule has 7 nitrogen and oxygen atoms in total. The van der Waals surface area contributed by atoms with Crippen molar-refractivity contribution in [1.29, 1.82) is 0 Å². The van der Waals surface area contributed by atoms with Gasteiger partial charge in [-0.15, -0.1) is 0 Å². The molecule has 0 unspecified atom stereocenters. The van der Waals surface area contributed by atoms with Gasteiger partial charge in [-0.3, -0.25) is 24.3 Å². The SMILES string of the molecule is O=C1c2ccc(Br)cc2C(=O)N1CC(=O)N(Cc1ccccn1)c1ccccc1O. The van der Waals surface area contributed by atoms with E-state index in [2.05, 4.69) is 20.9 Å². The number of imide groups is 1. The quantitative estimate of drug-likeness (QED) is 0.583. The van der Waals surface area contributed by atoms with Gasteiger partial charge in [-0.05, 0) is 42.5 Å². The van der Waals surface area contributed by atoms with Crippen LogP contribution in [0.5, 0.6) is 5.75 Å². The number of hydrogen-bond donors (Lipinski definition) is 1. The highest BCUT2D eigenvalue weighted by Gasteiger charge is 2.37. The first-order chi connectivity index (χ1) is 14.5. The maximum absolute atomic E-state index is 13.2. The van der Waals surface area contributed by atoms with E-state index >= 15 is 0 Å². The Morgan fingerprint density at radius 3 is 2.47 bits per heavy atom. The number of aromatic hydroxyl groups is 1. The van der Waals surface area contributed by atoms with Crippen LogP contribution in [0.1, 0.15) is 26.4 Å². The van der Waals surface area contributed by atoms with Gasteiger partial charge in [0.05, 0.1) is 29.1 Å². The summed E-state index contributed by atoms with van der Waals surface area (Å²) in [6.07, 6.45) is 1.60. The number of pyridine rings is 1. The Morgan fingerprint density at radius 1 is 1.00 bits per heavy atom. The van der Waals surface area contributed by atoms with E-state index in [4.69, 9.17) is 0 Å². The number of amides is 3. The number of hydrogen-bond acceptors (Lipinski definition) is 5. The van der Waals surface area contributed by atoms with Crippen molar-refractivity contribution < 1.29 is 19.5 Å². The first-order valence-corrected chi connectivity index (χ1v) is 9.89. The van der Waals surface area contributed by atoms with Crippen molar-refractivity contribution in [2.75, 3.05) is 11.4 Å². The summed E-state index contributed by atoms with van der Waals surface area (Å²) in [5.74, 6) is -1.66. The first-order valence-electron chi connectivity index (χ1n) is 9.09.